The molecule has 3 nitrogen and oxygen atoms in total. The molecule has 2 heterocycles. The van der Waals surface area contributed by atoms with Gasteiger partial charge in [-0.15, -0.1) is 0 Å². The summed E-state index contributed by atoms with van der Waals surface area (Å²) in [6, 6.07) is 2.15. The largest absolute Gasteiger partial charge is 0.392 e. The molecule has 0 radical (unpaired) electrons. The van der Waals surface area contributed by atoms with Crippen molar-refractivity contribution in [2.75, 3.05) is 13.1 Å². The summed E-state index contributed by atoms with van der Waals surface area (Å²) < 4.78 is 0. The van der Waals surface area contributed by atoms with Gasteiger partial charge in [0, 0.05) is 32.0 Å². The third-order valence-electron chi connectivity index (χ3n) is 2.59. The Morgan fingerprint density at radius 2 is 2.43 bits per heavy atom. The van der Waals surface area contributed by atoms with E-state index >= 15 is 0 Å². The minimum atomic E-state index is -0.132. The second-order valence-electron chi connectivity index (χ2n) is 4.05. The van der Waals surface area contributed by atoms with Crippen LogP contribution in [0.25, 0.3) is 0 Å². The third-order valence-corrected chi connectivity index (χ3v) is 2.59. The van der Waals surface area contributed by atoms with E-state index in [4.69, 9.17) is 0 Å². The Kier molecular flexibility index (Phi) is 2.79. The highest BCUT2D eigenvalue weighted by molar-refractivity contribution is 5.16. The maximum atomic E-state index is 9.37. The van der Waals surface area contributed by atoms with Crippen molar-refractivity contribution in [2.24, 2.45) is 0 Å². The number of nitrogens with zero attached hydrogens (tertiary/aromatic N) is 2. The van der Waals surface area contributed by atoms with Gasteiger partial charge < -0.3 is 5.11 Å². The van der Waals surface area contributed by atoms with Crippen molar-refractivity contribution in [3.05, 3.63) is 29.6 Å². The van der Waals surface area contributed by atoms with Crippen molar-refractivity contribution in [1.82, 2.24) is 9.88 Å². The SMILES string of the molecule is Cc1cncc(CN2CC[C@H](O)C2)c1. The zero-order valence-corrected chi connectivity index (χ0v) is 8.48. The molecule has 1 atom stereocenters. The van der Waals surface area contributed by atoms with Crippen molar-refractivity contribution in [3.63, 3.8) is 0 Å². The van der Waals surface area contributed by atoms with Crippen molar-refractivity contribution in [3.8, 4) is 0 Å². The number of hydrogen-bond acceptors (Lipinski definition) is 3. The van der Waals surface area contributed by atoms with Gasteiger partial charge in [0.15, 0.2) is 0 Å². The van der Waals surface area contributed by atoms with Gasteiger partial charge >= 0.3 is 0 Å². The molecule has 1 fully saturated rings. The summed E-state index contributed by atoms with van der Waals surface area (Å²) in [6.07, 6.45) is 4.53. The first-order valence-corrected chi connectivity index (χ1v) is 5.05. The molecular weight excluding hydrogens is 176 g/mol. The molecule has 1 N–H and O–H groups in total. The monoisotopic (exact) mass is 192 g/mol. The van der Waals surface area contributed by atoms with Gasteiger partial charge in [-0.1, -0.05) is 6.07 Å². The molecule has 1 aliphatic rings. The van der Waals surface area contributed by atoms with E-state index in [9.17, 15) is 5.11 Å². The average molecular weight is 192 g/mol. The van der Waals surface area contributed by atoms with Gasteiger partial charge in [0.1, 0.15) is 0 Å². The molecule has 0 saturated carbocycles. The lowest BCUT2D eigenvalue weighted by Gasteiger charge is -2.14. The maximum Gasteiger partial charge on any atom is 0.0679 e. The minimum absolute atomic E-state index is 0.132. The number of pyridine rings is 1. The molecule has 3 heteroatoms. The second kappa shape index (κ2) is 4.07. The van der Waals surface area contributed by atoms with Crippen LogP contribution in [0.15, 0.2) is 18.5 Å². The van der Waals surface area contributed by atoms with Gasteiger partial charge in [0.05, 0.1) is 6.10 Å². The highest BCUT2D eigenvalue weighted by atomic mass is 16.3. The number of aromatic nitrogens is 1. The Morgan fingerprint density at radius 1 is 1.57 bits per heavy atom. The van der Waals surface area contributed by atoms with Crippen LogP contribution in [0.1, 0.15) is 17.5 Å². The van der Waals surface area contributed by atoms with E-state index in [2.05, 4.69) is 22.9 Å². The number of rotatable bonds is 2. The van der Waals surface area contributed by atoms with E-state index in [1.807, 2.05) is 12.4 Å². The van der Waals surface area contributed by atoms with Crippen LogP contribution in [-0.4, -0.2) is 34.2 Å². The number of aliphatic hydroxyl groups excluding tert-OH is 1. The highest BCUT2D eigenvalue weighted by Crippen LogP contribution is 2.13. The predicted octanol–water partition coefficient (Wildman–Crippen LogP) is 0.957. The Labute approximate surface area is 84.4 Å². The first kappa shape index (κ1) is 9.62. The molecule has 0 aliphatic carbocycles. The quantitative estimate of drug-likeness (QED) is 0.758. The summed E-state index contributed by atoms with van der Waals surface area (Å²) in [5.74, 6) is 0. The fourth-order valence-electron chi connectivity index (χ4n) is 1.92. The molecule has 1 saturated heterocycles. The molecule has 0 bridgehead atoms. The van der Waals surface area contributed by atoms with Crippen LogP contribution < -0.4 is 0 Å². The van der Waals surface area contributed by atoms with E-state index < -0.39 is 0 Å². The lowest BCUT2D eigenvalue weighted by Crippen LogP contribution is -2.21. The summed E-state index contributed by atoms with van der Waals surface area (Å²) >= 11 is 0. The summed E-state index contributed by atoms with van der Waals surface area (Å²) in [4.78, 5) is 6.42. The molecule has 1 aliphatic heterocycles. The number of hydrogen-bond donors (Lipinski definition) is 1. The predicted molar refractivity (Wildman–Crippen MR) is 54.9 cm³/mol. The standard InChI is InChI=1S/C11H16N2O/c1-9-4-10(6-12-5-9)7-13-3-2-11(14)8-13/h4-6,11,14H,2-3,7-8H2,1H3/t11-/m0/s1. The van der Waals surface area contributed by atoms with Crippen LogP contribution in [0.5, 0.6) is 0 Å². The summed E-state index contributed by atoms with van der Waals surface area (Å²) in [5, 5.41) is 9.37. The Balaban J connectivity index is 1.97. The normalized spacial score (nSPS) is 22.9. The lowest BCUT2D eigenvalue weighted by molar-refractivity contribution is 0.174. The molecule has 14 heavy (non-hydrogen) atoms. The zero-order chi connectivity index (χ0) is 9.97. The first-order chi connectivity index (χ1) is 6.74. The molecule has 0 aromatic carbocycles. The van der Waals surface area contributed by atoms with Gasteiger partial charge in [-0.05, 0) is 24.5 Å². The van der Waals surface area contributed by atoms with Crippen LogP contribution in [0, 0.1) is 6.92 Å². The van der Waals surface area contributed by atoms with Crippen molar-refractivity contribution in [2.45, 2.75) is 26.0 Å². The molecule has 2 rings (SSSR count). The molecule has 1 aromatic rings. The van der Waals surface area contributed by atoms with Crippen LogP contribution in [0.4, 0.5) is 0 Å². The topological polar surface area (TPSA) is 36.4 Å². The molecule has 0 amide bonds. The maximum absolute atomic E-state index is 9.37. The van der Waals surface area contributed by atoms with Crippen molar-refractivity contribution < 1.29 is 5.11 Å². The molecular formula is C11H16N2O. The van der Waals surface area contributed by atoms with Gasteiger partial charge in [0.25, 0.3) is 0 Å². The smallest absolute Gasteiger partial charge is 0.0679 e. The van der Waals surface area contributed by atoms with Crippen LogP contribution in [0.3, 0.4) is 0 Å². The van der Waals surface area contributed by atoms with Gasteiger partial charge in [-0.2, -0.15) is 0 Å². The van der Waals surface area contributed by atoms with E-state index in [-0.39, 0.29) is 6.10 Å². The highest BCUT2D eigenvalue weighted by Gasteiger charge is 2.19. The molecule has 0 spiro atoms. The van der Waals surface area contributed by atoms with Gasteiger partial charge in [0.2, 0.25) is 0 Å². The Bertz CT molecular complexity index is 314. The number of β-amino-alcohol motifs (C(OH)–C–C–N with tert-alkyl or cyclic N) is 1. The van der Waals surface area contributed by atoms with Crippen LogP contribution in [0.2, 0.25) is 0 Å². The van der Waals surface area contributed by atoms with Crippen LogP contribution in [-0.2, 0) is 6.54 Å². The van der Waals surface area contributed by atoms with Gasteiger partial charge in [-0.3, -0.25) is 9.88 Å². The van der Waals surface area contributed by atoms with E-state index in [1.165, 1.54) is 11.1 Å². The number of aliphatic hydroxyl groups is 1. The third kappa shape index (κ3) is 2.30. The van der Waals surface area contributed by atoms with Crippen molar-refractivity contribution >= 4 is 0 Å². The van der Waals surface area contributed by atoms with Gasteiger partial charge in [-0.25, -0.2) is 0 Å². The first-order valence-electron chi connectivity index (χ1n) is 5.05. The van der Waals surface area contributed by atoms with Crippen molar-refractivity contribution in [1.29, 1.82) is 0 Å². The average Bonchev–Trinajstić information content (AvgIpc) is 2.51. The number of likely N-dealkylation sites (tertiary alicyclic amines) is 1. The Morgan fingerprint density at radius 3 is 3.07 bits per heavy atom. The van der Waals surface area contributed by atoms with E-state index in [0.29, 0.717) is 0 Å². The second-order valence-corrected chi connectivity index (χ2v) is 4.05. The summed E-state index contributed by atoms with van der Waals surface area (Å²) in [5.41, 5.74) is 2.43. The fraction of sp³-hybridized carbons (Fsp3) is 0.545. The molecule has 76 valence electrons. The number of aryl methyl sites for hydroxylation is 1. The van der Waals surface area contributed by atoms with Crippen LogP contribution >= 0.6 is 0 Å². The zero-order valence-electron chi connectivity index (χ0n) is 8.48. The summed E-state index contributed by atoms with van der Waals surface area (Å²) in [7, 11) is 0. The molecule has 1 aromatic heterocycles. The van der Waals surface area contributed by atoms with E-state index in [1.54, 1.807) is 0 Å². The Hall–Kier alpha value is -0.930. The fourth-order valence-corrected chi connectivity index (χ4v) is 1.92. The molecule has 0 unspecified atom stereocenters. The summed E-state index contributed by atoms with van der Waals surface area (Å²) in [6.45, 7) is 4.75. The lowest BCUT2D eigenvalue weighted by atomic mass is 10.2. The van der Waals surface area contributed by atoms with E-state index in [0.717, 1.165) is 26.1 Å². The minimum Gasteiger partial charge on any atom is -0.392 e.